The number of nitrogens with one attached hydrogen (secondary N) is 2. The number of rotatable bonds is 7. The van der Waals surface area contributed by atoms with E-state index >= 15 is 0 Å². The van der Waals surface area contributed by atoms with Gasteiger partial charge in [0, 0.05) is 18.1 Å². The predicted octanol–water partition coefficient (Wildman–Crippen LogP) is 3.16. The molecule has 0 unspecified atom stereocenters. The first-order valence-electron chi connectivity index (χ1n) is 6.74. The summed E-state index contributed by atoms with van der Waals surface area (Å²) in [6.07, 6.45) is 1.10. The maximum Gasteiger partial charge on any atom is 0.230 e. The average molecular weight is 319 g/mol. The van der Waals surface area contributed by atoms with Crippen LogP contribution in [0.4, 0.5) is 0 Å². The summed E-state index contributed by atoms with van der Waals surface area (Å²) in [6.45, 7) is 8.30. The van der Waals surface area contributed by atoms with Gasteiger partial charge in [0.15, 0.2) is 0 Å². The molecule has 0 aromatic heterocycles. The summed E-state index contributed by atoms with van der Waals surface area (Å²) < 4.78 is 0. The van der Waals surface area contributed by atoms with E-state index in [4.69, 9.17) is 11.6 Å². The average Bonchev–Trinajstić information content (AvgIpc) is 2.38. The van der Waals surface area contributed by atoms with Crippen LogP contribution in [-0.2, 0) is 10.2 Å². The monoisotopic (exact) mass is 318 g/mol. The molecular weight excluding hydrogens is 295 g/mol. The Kier molecular flexibility index (Phi) is 8.86. The quantitative estimate of drug-likeness (QED) is 0.758. The summed E-state index contributed by atoms with van der Waals surface area (Å²) in [6, 6.07) is 7.49. The number of hydrogen-bond donors (Lipinski definition) is 2. The second kappa shape index (κ2) is 9.22. The molecule has 0 radical (unpaired) electrons. The molecule has 0 aliphatic carbocycles. The fourth-order valence-electron chi connectivity index (χ4n) is 1.88. The van der Waals surface area contributed by atoms with Crippen molar-refractivity contribution in [3.05, 3.63) is 34.9 Å². The number of amides is 1. The van der Waals surface area contributed by atoms with E-state index in [9.17, 15) is 4.79 Å². The van der Waals surface area contributed by atoms with Gasteiger partial charge in [0.1, 0.15) is 0 Å². The molecule has 5 heteroatoms. The van der Waals surface area contributed by atoms with Crippen molar-refractivity contribution in [2.24, 2.45) is 0 Å². The van der Waals surface area contributed by atoms with Crippen LogP contribution in [0.5, 0.6) is 0 Å². The summed E-state index contributed by atoms with van der Waals surface area (Å²) in [5.41, 5.74) is 0.235. The first kappa shape index (κ1) is 19.2. The van der Waals surface area contributed by atoms with Gasteiger partial charge in [0.05, 0.1) is 5.41 Å². The molecule has 0 fully saturated rings. The Morgan fingerprint density at radius 2 is 1.85 bits per heavy atom. The lowest BCUT2D eigenvalue weighted by Crippen LogP contribution is -2.42. The highest BCUT2D eigenvalue weighted by Crippen LogP contribution is 2.29. The Morgan fingerprint density at radius 3 is 2.45 bits per heavy atom. The predicted molar refractivity (Wildman–Crippen MR) is 87.9 cm³/mol. The van der Waals surface area contributed by atoms with Crippen LogP contribution < -0.4 is 10.6 Å². The smallest absolute Gasteiger partial charge is 0.230 e. The van der Waals surface area contributed by atoms with Crippen molar-refractivity contribution in [3.8, 4) is 0 Å². The maximum absolute atomic E-state index is 12.3. The highest BCUT2D eigenvalue weighted by atomic mass is 35.5. The van der Waals surface area contributed by atoms with Crippen molar-refractivity contribution in [3.63, 3.8) is 0 Å². The molecule has 0 bridgehead atoms. The van der Waals surface area contributed by atoms with Gasteiger partial charge in [-0.15, -0.1) is 12.4 Å². The fraction of sp³-hybridized carbons (Fsp3) is 0.533. The number of halogens is 2. The van der Waals surface area contributed by atoms with Gasteiger partial charge in [-0.05, 0) is 38.4 Å². The van der Waals surface area contributed by atoms with Crippen molar-refractivity contribution in [1.29, 1.82) is 0 Å². The second-order valence-electron chi connectivity index (χ2n) is 5.11. The molecule has 1 aromatic carbocycles. The number of hydrogen-bond acceptors (Lipinski definition) is 2. The lowest BCUT2D eigenvalue weighted by atomic mass is 9.83. The zero-order valence-corrected chi connectivity index (χ0v) is 13.9. The second-order valence-corrected chi connectivity index (χ2v) is 5.52. The Balaban J connectivity index is 0.00000361. The van der Waals surface area contributed by atoms with Gasteiger partial charge < -0.3 is 10.6 Å². The van der Waals surface area contributed by atoms with E-state index in [0.717, 1.165) is 25.1 Å². The number of carbonyl (C=O) groups is 1. The van der Waals surface area contributed by atoms with E-state index in [2.05, 4.69) is 17.6 Å². The summed E-state index contributed by atoms with van der Waals surface area (Å²) in [4.78, 5) is 12.3. The minimum absolute atomic E-state index is 0. The zero-order chi connectivity index (χ0) is 14.3. The lowest BCUT2D eigenvalue weighted by molar-refractivity contribution is -0.125. The van der Waals surface area contributed by atoms with Crippen LogP contribution in [0.3, 0.4) is 0 Å². The summed E-state index contributed by atoms with van der Waals surface area (Å²) in [7, 11) is 0. The zero-order valence-electron chi connectivity index (χ0n) is 12.3. The lowest BCUT2D eigenvalue weighted by Gasteiger charge is -2.25. The van der Waals surface area contributed by atoms with Gasteiger partial charge in [-0.2, -0.15) is 0 Å². The Morgan fingerprint density at radius 1 is 1.20 bits per heavy atom. The van der Waals surface area contributed by atoms with E-state index in [1.165, 1.54) is 0 Å². The highest BCUT2D eigenvalue weighted by Gasteiger charge is 2.31. The van der Waals surface area contributed by atoms with E-state index in [-0.39, 0.29) is 18.3 Å². The van der Waals surface area contributed by atoms with Crippen LogP contribution in [0, 0.1) is 0 Å². The third kappa shape index (κ3) is 5.31. The molecule has 1 rings (SSSR count). The SMILES string of the molecule is CCCNCCNC(=O)C(C)(C)c1ccccc1Cl.Cl. The van der Waals surface area contributed by atoms with E-state index in [0.29, 0.717) is 11.6 Å². The Labute approximate surface area is 132 Å². The standard InChI is InChI=1S/C15H23ClN2O.ClH/c1-4-9-17-10-11-18-14(19)15(2,3)12-7-5-6-8-13(12)16;/h5-8,17H,4,9-11H2,1-3H3,(H,18,19);1H. The molecule has 1 aromatic rings. The van der Waals surface area contributed by atoms with Crippen LogP contribution in [0.15, 0.2) is 24.3 Å². The molecule has 3 nitrogen and oxygen atoms in total. The molecule has 20 heavy (non-hydrogen) atoms. The van der Waals surface area contributed by atoms with E-state index in [1.807, 2.05) is 38.1 Å². The number of carbonyl (C=O) groups excluding carboxylic acids is 1. The highest BCUT2D eigenvalue weighted by molar-refractivity contribution is 6.31. The van der Waals surface area contributed by atoms with Crippen molar-refractivity contribution in [1.82, 2.24) is 10.6 Å². The van der Waals surface area contributed by atoms with Crippen LogP contribution >= 0.6 is 24.0 Å². The van der Waals surface area contributed by atoms with Crippen LogP contribution in [-0.4, -0.2) is 25.5 Å². The molecule has 114 valence electrons. The van der Waals surface area contributed by atoms with E-state index < -0.39 is 5.41 Å². The largest absolute Gasteiger partial charge is 0.354 e. The molecule has 0 aliphatic rings. The van der Waals surface area contributed by atoms with Crippen molar-refractivity contribution < 1.29 is 4.79 Å². The van der Waals surface area contributed by atoms with Gasteiger partial charge >= 0.3 is 0 Å². The third-order valence-corrected chi connectivity index (χ3v) is 3.46. The van der Waals surface area contributed by atoms with Crippen LogP contribution in [0.25, 0.3) is 0 Å². The van der Waals surface area contributed by atoms with Crippen molar-refractivity contribution in [2.75, 3.05) is 19.6 Å². The summed E-state index contributed by atoms with van der Waals surface area (Å²) in [5, 5.41) is 6.83. The van der Waals surface area contributed by atoms with Gasteiger partial charge in [-0.25, -0.2) is 0 Å². The van der Waals surface area contributed by atoms with Gasteiger partial charge in [0.25, 0.3) is 0 Å². The first-order chi connectivity index (χ1) is 9.00. The molecule has 1 amide bonds. The van der Waals surface area contributed by atoms with Crippen molar-refractivity contribution >= 4 is 29.9 Å². The fourth-order valence-corrected chi connectivity index (χ4v) is 2.25. The molecule has 0 saturated carbocycles. The molecule has 0 heterocycles. The molecular formula is C15H24Cl2N2O. The minimum Gasteiger partial charge on any atom is -0.354 e. The maximum atomic E-state index is 12.3. The topological polar surface area (TPSA) is 41.1 Å². The van der Waals surface area contributed by atoms with E-state index in [1.54, 1.807) is 0 Å². The van der Waals surface area contributed by atoms with Crippen LogP contribution in [0.1, 0.15) is 32.8 Å². The first-order valence-corrected chi connectivity index (χ1v) is 7.12. The molecule has 0 spiro atoms. The Bertz CT molecular complexity index is 422. The normalized spacial score (nSPS) is 10.8. The third-order valence-electron chi connectivity index (χ3n) is 3.13. The molecule has 2 N–H and O–H groups in total. The Hall–Kier alpha value is -0.770. The molecule has 0 aliphatic heterocycles. The molecule has 0 saturated heterocycles. The van der Waals surface area contributed by atoms with Gasteiger partial charge in [-0.1, -0.05) is 36.7 Å². The molecule has 0 atom stereocenters. The van der Waals surface area contributed by atoms with Crippen molar-refractivity contribution in [2.45, 2.75) is 32.6 Å². The van der Waals surface area contributed by atoms with Crippen LogP contribution in [0.2, 0.25) is 5.02 Å². The number of benzene rings is 1. The summed E-state index contributed by atoms with van der Waals surface area (Å²) in [5.74, 6) is -0.00102. The van der Waals surface area contributed by atoms with Gasteiger partial charge in [-0.3, -0.25) is 4.79 Å². The van der Waals surface area contributed by atoms with Gasteiger partial charge in [0.2, 0.25) is 5.91 Å². The minimum atomic E-state index is -0.622. The summed E-state index contributed by atoms with van der Waals surface area (Å²) >= 11 is 6.16.